The molecule has 1 amide bonds. The van der Waals surface area contributed by atoms with Gasteiger partial charge in [0.1, 0.15) is 5.60 Å². The van der Waals surface area contributed by atoms with E-state index < -0.39 is 5.60 Å². The van der Waals surface area contributed by atoms with Gasteiger partial charge in [0.15, 0.2) is 0 Å². The molecule has 0 aromatic heterocycles. The molecule has 100 valence electrons. The molecule has 1 saturated heterocycles. The number of carbonyl (C=O) groups excluding carboxylic acids is 1. The standard InChI is InChI=1S/C12H22N2O2.ClH/c1-11(2,3)16-10(15)14-6-4-12(5-7-14)8-9(12)13;/h9H,4-8,13H2,1-3H3;1H. The maximum atomic E-state index is 11.8. The summed E-state index contributed by atoms with van der Waals surface area (Å²) in [5.74, 6) is 0. The van der Waals surface area contributed by atoms with Crippen LogP contribution in [0.5, 0.6) is 0 Å². The Labute approximate surface area is 109 Å². The number of carbonyl (C=O) groups is 1. The SMILES string of the molecule is CC(C)(C)OC(=O)N1CCC2(CC1)CC2N.Cl. The van der Waals surface area contributed by atoms with Gasteiger partial charge in [-0.2, -0.15) is 0 Å². The first-order valence-corrected chi connectivity index (χ1v) is 6.06. The van der Waals surface area contributed by atoms with Crippen LogP contribution in [-0.2, 0) is 4.74 Å². The predicted molar refractivity (Wildman–Crippen MR) is 69.3 cm³/mol. The lowest BCUT2D eigenvalue weighted by atomic mass is 9.93. The highest BCUT2D eigenvalue weighted by Gasteiger charge is 2.53. The molecule has 1 aliphatic carbocycles. The second-order valence-electron chi connectivity index (χ2n) is 6.14. The Hall–Kier alpha value is -0.480. The van der Waals surface area contributed by atoms with Crippen LogP contribution in [-0.4, -0.2) is 35.7 Å². The number of amides is 1. The van der Waals surface area contributed by atoms with Gasteiger partial charge in [-0.15, -0.1) is 12.4 Å². The Morgan fingerprint density at radius 2 is 1.82 bits per heavy atom. The molecule has 2 aliphatic rings. The number of hydrogen-bond acceptors (Lipinski definition) is 3. The fourth-order valence-corrected chi connectivity index (χ4v) is 2.42. The molecule has 0 bridgehead atoms. The van der Waals surface area contributed by atoms with Crippen molar-refractivity contribution in [2.24, 2.45) is 11.1 Å². The summed E-state index contributed by atoms with van der Waals surface area (Å²) in [7, 11) is 0. The lowest BCUT2D eigenvalue weighted by Gasteiger charge is -2.33. The molecular weight excluding hydrogens is 240 g/mol. The maximum absolute atomic E-state index is 11.8. The molecule has 17 heavy (non-hydrogen) atoms. The number of nitrogens with zero attached hydrogens (tertiary/aromatic N) is 1. The Morgan fingerprint density at radius 3 is 2.18 bits per heavy atom. The summed E-state index contributed by atoms with van der Waals surface area (Å²) in [4.78, 5) is 13.6. The van der Waals surface area contributed by atoms with Crippen molar-refractivity contribution >= 4 is 18.5 Å². The van der Waals surface area contributed by atoms with Crippen molar-refractivity contribution in [3.63, 3.8) is 0 Å². The minimum absolute atomic E-state index is 0. The van der Waals surface area contributed by atoms with E-state index in [0.29, 0.717) is 11.5 Å². The van der Waals surface area contributed by atoms with Crippen LogP contribution >= 0.6 is 12.4 Å². The first-order valence-electron chi connectivity index (χ1n) is 6.06. The number of piperidine rings is 1. The minimum atomic E-state index is -0.401. The number of likely N-dealkylation sites (tertiary alicyclic amines) is 1. The molecule has 1 unspecified atom stereocenters. The summed E-state index contributed by atoms with van der Waals surface area (Å²) in [5, 5.41) is 0. The topological polar surface area (TPSA) is 55.6 Å². The van der Waals surface area contributed by atoms with E-state index in [0.717, 1.165) is 32.4 Å². The molecule has 4 nitrogen and oxygen atoms in total. The van der Waals surface area contributed by atoms with Gasteiger partial charge in [-0.1, -0.05) is 0 Å². The minimum Gasteiger partial charge on any atom is -0.444 e. The third kappa shape index (κ3) is 3.26. The molecule has 2 fully saturated rings. The molecule has 2 rings (SSSR count). The molecule has 0 aromatic carbocycles. The molecular formula is C12H23ClN2O2. The number of nitrogens with two attached hydrogens (primary N) is 1. The van der Waals surface area contributed by atoms with Crippen molar-refractivity contribution in [2.75, 3.05) is 13.1 Å². The Bertz CT molecular complexity index is 293. The van der Waals surface area contributed by atoms with Crippen LogP contribution in [0.1, 0.15) is 40.0 Å². The van der Waals surface area contributed by atoms with Crippen molar-refractivity contribution in [3.8, 4) is 0 Å². The maximum Gasteiger partial charge on any atom is 0.410 e. The molecule has 0 radical (unpaired) electrons. The van der Waals surface area contributed by atoms with Gasteiger partial charge in [0.25, 0.3) is 0 Å². The number of rotatable bonds is 0. The molecule has 1 saturated carbocycles. The van der Waals surface area contributed by atoms with Crippen molar-refractivity contribution in [1.29, 1.82) is 0 Å². The Kier molecular flexibility index (Phi) is 3.99. The zero-order chi connectivity index (χ0) is 12.0. The largest absolute Gasteiger partial charge is 0.444 e. The van der Waals surface area contributed by atoms with Gasteiger partial charge >= 0.3 is 6.09 Å². The van der Waals surface area contributed by atoms with Crippen LogP contribution in [0.25, 0.3) is 0 Å². The van der Waals surface area contributed by atoms with Crippen LogP contribution in [0.2, 0.25) is 0 Å². The molecule has 5 heteroatoms. The van der Waals surface area contributed by atoms with Crippen LogP contribution < -0.4 is 5.73 Å². The van der Waals surface area contributed by atoms with Crippen LogP contribution in [0, 0.1) is 5.41 Å². The monoisotopic (exact) mass is 262 g/mol. The van der Waals surface area contributed by atoms with Gasteiger partial charge in [-0.3, -0.25) is 0 Å². The summed E-state index contributed by atoms with van der Waals surface area (Å²) < 4.78 is 5.35. The smallest absolute Gasteiger partial charge is 0.410 e. The predicted octanol–water partition coefficient (Wildman–Crippen LogP) is 2.16. The summed E-state index contributed by atoms with van der Waals surface area (Å²) in [6, 6.07) is 0.369. The van der Waals surface area contributed by atoms with E-state index >= 15 is 0 Å². The highest BCUT2D eigenvalue weighted by Crippen LogP contribution is 2.52. The van der Waals surface area contributed by atoms with Crippen LogP contribution in [0.15, 0.2) is 0 Å². The van der Waals surface area contributed by atoms with Crippen molar-refractivity contribution in [3.05, 3.63) is 0 Å². The van der Waals surface area contributed by atoms with Gasteiger partial charge in [0.05, 0.1) is 0 Å². The Balaban J connectivity index is 0.00000144. The van der Waals surface area contributed by atoms with Gasteiger partial charge < -0.3 is 15.4 Å². The summed E-state index contributed by atoms with van der Waals surface area (Å²) in [5.41, 5.74) is 5.88. The van der Waals surface area contributed by atoms with Gasteiger partial charge in [0, 0.05) is 19.1 Å². The zero-order valence-corrected chi connectivity index (χ0v) is 11.7. The third-order valence-electron chi connectivity index (χ3n) is 3.66. The second kappa shape index (κ2) is 4.65. The second-order valence-corrected chi connectivity index (χ2v) is 6.14. The Morgan fingerprint density at radius 1 is 1.35 bits per heavy atom. The summed E-state index contributed by atoms with van der Waals surface area (Å²) in [6.45, 7) is 7.28. The number of halogens is 1. The lowest BCUT2D eigenvalue weighted by molar-refractivity contribution is 0.0170. The van der Waals surface area contributed by atoms with Gasteiger partial charge in [-0.05, 0) is 45.4 Å². The highest BCUT2D eigenvalue weighted by molar-refractivity contribution is 5.85. The van der Waals surface area contributed by atoms with E-state index in [1.54, 1.807) is 0 Å². The van der Waals surface area contributed by atoms with Gasteiger partial charge in [0.2, 0.25) is 0 Å². The normalized spacial score (nSPS) is 26.4. The van der Waals surface area contributed by atoms with Gasteiger partial charge in [-0.25, -0.2) is 4.79 Å². The molecule has 1 atom stereocenters. The molecule has 1 aliphatic heterocycles. The van der Waals surface area contributed by atoms with E-state index in [-0.39, 0.29) is 18.5 Å². The van der Waals surface area contributed by atoms with E-state index in [9.17, 15) is 4.79 Å². The number of ether oxygens (including phenoxy) is 1. The van der Waals surface area contributed by atoms with Crippen molar-refractivity contribution in [2.45, 2.75) is 51.7 Å². The third-order valence-corrected chi connectivity index (χ3v) is 3.66. The quantitative estimate of drug-likeness (QED) is 0.728. The highest BCUT2D eigenvalue weighted by atomic mass is 35.5. The summed E-state index contributed by atoms with van der Waals surface area (Å²) in [6.07, 6.45) is 3.02. The average molecular weight is 263 g/mol. The van der Waals surface area contributed by atoms with E-state index in [2.05, 4.69) is 0 Å². The molecule has 0 aromatic rings. The zero-order valence-electron chi connectivity index (χ0n) is 10.9. The van der Waals surface area contributed by atoms with Crippen LogP contribution in [0.4, 0.5) is 4.79 Å². The van der Waals surface area contributed by atoms with Crippen molar-refractivity contribution < 1.29 is 9.53 Å². The molecule has 1 heterocycles. The molecule has 2 N–H and O–H groups in total. The summed E-state index contributed by atoms with van der Waals surface area (Å²) >= 11 is 0. The first kappa shape index (κ1) is 14.6. The number of hydrogen-bond donors (Lipinski definition) is 1. The first-order chi connectivity index (χ1) is 7.32. The van der Waals surface area contributed by atoms with E-state index in [1.807, 2.05) is 25.7 Å². The van der Waals surface area contributed by atoms with Crippen molar-refractivity contribution in [1.82, 2.24) is 4.90 Å². The van der Waals surface area contributed by atoms with E-state index in [1.165, 1.54) is 0 Å². The fourth-order valence-electron chi connectivity index (χ4n) is 2.42. The lowest BCUT2D eigenvalue weighted by Crippen LogP contribution is -2.43. The van der Waals surface area contributed by atoms with E-state index in [4.69, 9.17) is 10.5 Å². The average Bonchev–Trinajstić information content (AvgIpc) is 2.74. The molecule has 1 spiro atoms. The van der Waals surface area contributed by atoms with Crippen LogP contribution in [0.3, 0.4) is 0 Å². The fraction of sp³-hybridized carbons (Fsp3) is 0.917.